The van der Waals surface area contributed by atoms with Crippen LogP contribution in [0.1, 0.15) is 26.7 Å². The molecule has 1 aliphatic carbocycles. The lowest BCUT2D eigenvalue weighted by molar-refractivity contribution is -0.0104. The summed E-state index contributed by atoms with van der Waals surface area (Å²) in [5.74, 6) is 0.633. The highest BCUT2D eigenvalue weighted by Gasteiger charge is 2.38. The van der Waals surface area contributed by atoms with E-state index in [1.54, 1.807) is 0 Å². The Kier molecular flexibility index (Phi) is 1.92. The van der Waals surface area contributed by atoms with E-state index in [9.17, 15) is 5.11 Å². The van der Waals surface area contributed by atoms with Gasteiger partial charge in [-0.2, -0.15) is 0 Å². The van der Waals surface area contributed by atoms with Gasteiger partial charge in [0.15, 0.2) is 0 Å². The van der Waals surface area contributed by atoms with Crippen LogP contribution in [0.5, 0.6) is 0 Å². The van der Waals surface area contributed by atoms with Gasteiger partial charge in [-0.05, 0) is 24.2 Å². The van der Waals surface area contributed by atoms with Crippen LogP contribution in [0, 0.1) is 11.3 Å². The molecule has 1 N–H and O–H groups in total. The van der Waals surface area contributed by atoms with Crippen molar-refractivity contribution in [1.82, 2.24) is 4.90 Å². The van der Waals surface area contributed by atoms with Gasteiger partial charge >= 0.3 is 0 Å². The van der Waals surface area contributed by atoms with E-state index in [1.807, 2.05) is 0 Å². The topological polar surface area (TPSA) is 23.5 Å². The summed E-state index contributed by atoms with van der Waals surface area (Å²) in [6.45, 7) is 7.81. The van der Waals surface area contributed by atoms with Gasteiger partial charge in [-0.1, -0.05) is 13.8 Å². The summed E-state index contributed by atoms with van der Waals surface area (Å²) in [7, 11) is 0. The number of aliphatic hydroxyl groups excluding tert-OH is 1. The molecule has 1 atom stereocenters. The molecule has 0 bridgehead atoms. The summed E-state index contributed by atoms with van der Waals surface area (Å²) in [5, 5.41) is 9.65. The molecule has 2 fully saturated rings. The summed E-state index contributed by atoms with van der Waals surface area (Å²) < 4.78 is 0. The number of β-amino-alcohol motifs (C(OH)–C–C–N with tert-alkyl or cyclic N) is 1. The molecule has 0 amide bonds. The summed E-state index contributed by atoms with van der Waals surface area (Å²) >= 11 is 0. The first-order valence-electron chi connectivity index (χ1n) is 4.97. The van der Waals surface area contributed by atoms with E-state index >= 15 is 0 Å². The standard InChI is InChI=1S/C10H19NO/c1-10(2)6-11(7-10)5-9(12)8-3-4-8/h8-9,12H,3-7H2,1-2H3. The highest BCUT2D eigenvalue weighted by atomic mass is 16.3. The van der Waals surface area contributed by atoms with Crippen molar-refractivity contribution >= 4 is 0 Å². The molecule has 0 radical (unpaired) electrons. The summed E-state index contributed by atoms with van der Waals surface area (Å²) in [5.41, 5.74) is 0.503. The van der Waals surface area contributed by atoms with Crippen LogP contribution >= 0.6 is 0 Å². The van der Waals surface area contributed by atoms with Crippen molar-refractivity contribution in [3.8, 4) is 0 Å². The highest BCUT2D eigenvalue weighted by Crippen LogP contribution is 2.35. The number of aliphatic hydroxyl groups is 1. The normalized spacial score (nSPS) is 31.2. The van der Waals surface area contributed by atoms with Gasteiger partial charge in [-0.3, -0.25) is 4.90 Å². The molecular formula is C10H19NO. The lowest BCUT2D eigenvalue weighted by Gasteiger charge is -2.46. The van der Waals surface area contributed by atoms with Crippen molar-refractivity contribution in [2.75, 3.05) is 19.6 Å². The Bertz CT molecular complexity index is 167. The first kappa shape index (κ1) is 8.52. The third-order valence-corrected chi connectivity index (χ3v) is 2.91. The first-order chi connectivity index (χ1) is 5.57. The van der Waals surface area contributed by atoms with E-state index in [2.05, 4.69) is 18.7 Å². The number of hydrogen-bond donors (Lipinski definition) is 1. The SMILES string of the molecule is CC1(C)CN(CC(O)C2CC2)C1. The van der Waals surface area contributed by atoms with Crippen molar-refractivity contribution in [2.45, 2.75) is 32.8 Å². The molecule has 1 heterocycles. The van der Waals surface area contributed by atoms with Crippen LogP contribution in [-0.2, 0) is 0 Å². The second-order valence-corrected chi connectivity index (χ2v) is 5.24. The van der Waals surface area contributed by atoms with Crippen molar-refractivity contribution in [1.29, 1.82) is 0 Å². The van der Waals surface area contributed by atoms with Gasteiger partial charge in [0.1, 0.15) is 0 Å². The number of hydrogen-bond acceptors (Lipinski definition) is 2. The fraction of sp³-hybridized carbons (Fsp3) is 1.00. The Labute approximate surface area is 74.6 Å². The minimum absolute atomic E-state index is 0.0406. The highest BCUT2D eigenvalue weighted by molar-refractivity contribution is 4.91. The number of rotatable bonds is 3. The van der Waals surface area contributed by atoms with Gasteiger partial charge in [-0.15, -0.1) is 0 Å². The lowest BCUT2D eigenvalue weighted by Crippen LogP contribution is -2.55. The molecule has 0 aromatic rings. The number of likely N-dealkylation sites (tertiary alicyclic amines) is 1. The molecule has 0 aromatic carbocycles. The van der Waals surface area contributed by atoms with E-state index in [-0.39, 0.29) is 6.10 Å². The minimum atomic E-state index is -0.0406. The number of nitrogens with zero attached hydrogens (tertiary/aromatic N) is 1. The fourth-order valence-electron chi connectivity index (χ4n) is 2.19. The molecule has 12 heavy (non-hydrogen) atoms. The quantitative estimate of drug-likeness (QED) is 0.684. The summed E-state index contributed by atoms with van der Waals surface area (Å²) in [6, 6.07) is 0. The third-order valence-electron chi connectivity index (χ3n) is 2.91. The zero-order chi connectivity index (χ0) is 8.77. The maximum Gasteiger partial charge on any atom is 0.0695 e. The van der Waals surface area contributed by atoms with Gasteiger partial charge < -0.3 is 5.11 Å². The molecule has 70 valence electrons. The Hall–Kier alpha value is -0.0800. The largest absolute Gasteiger partial charge is 0.392 e. The molecule has 1 aliphatic heterocycles. The van der Waals surface area contributed by atoms with Gasteiger partial charge in [-0.25, -0.2) is 0 Å². The smallest absolute Gasteiger partial charge is 0.0695 e. The first-order valence-corrected chi connectivity index (χ1v) is 4.97. The van der Waals surface area contributed by atoms with Crippen LogP contribution in [0.25, 0.3) is 0 Å². The molecule has 2 nitrogen and oxygen atoms in total. The Morgan fingerprint density at radius 2 is 2.00 bits per heavy atom. The molecule has 1 saturated heterocycles. The van der Waals surface area contributed by atoms with Gasteiger partial charge in [0.25, 0.3) is 0 Å². The maximum absolute atomic E-state index is 9.65. The van der Waals surface area contributed by atoms with Crippen molar-refractivity contribution in [3.05, 3.63) is 0 Å². The van der Waals surface area contributed by atoms with Gasteiger partial charge in [0.2, 0.25) is 0 Å². The van der Waals surface area contributed by atoms with Crippen LogP contribution in [0.2, 0.25) is 0 Å². The Morgan fingerprint density at radius 1 is 1.42 bits per heavy atom. The monoisotopic (exact) mass is 169 g/mol. The van der Waals surface area contributed by atoms with Crippen LogP contribution in [0.3, 0.4) is 0 Å². The van der Waals surface area contributed by atoms with Crippen LogP contribution in [0.4, 0.5) is 0 Å². The lowest BCUT2D eigenvalue weighted by atomic mass is 9.84. The van der Waals surface area contributed by atoms with Crippen molar-refractivity contribution in [2.24, 2.45) is 11.3 Å². The predicted molar refractivity (Wildman–Crippen MR) is 49.0 cm³/mol. The molecule has 1 unspecified atom stereocenters. The van der Waals surface area contributed by atoms with E-state index in [1.165, 1.54) is 12.8 Å². The average Bonchev–Trinajstić information content (AvgIpc) is 2.62. The van der Waals surface area contributed by atoms with Crippen LogP contribution < -0.4 is 0 Å². The minimum Gasteiger partial charge on any atom is -0.392 e. The Balaban J connectivity index is 1.68. The van der Waals surface area contributed by atoms with Crippen LogP contribution in [0.15, 0.2) is 0 Å². The molecule has 2 aliphatic rings. The fourth-order valence-corrected chi connectivity index (χ4v) is 2.19. The molecule has 2 rings (SSSR count). The van der Waals surface area contributed by atoms with E-state index in [0.29, 0.717) is 11.3 Å². The second-order valence-electron chi connectivity index (χ2n) is 5.24. The third kappa shape index (κ3) is 1.80. The van der Waals surface area contributed by atoms with Crippen LogP contribution in [-0.4, -0.2) is 35.7 Å². The summed E-state index contributed by atoms with van der Waals surface area (Å²) in [6.07, 6.45) is 2.46. The molecule has 2 heteroatoms. The van der Waals surface area contributed by atoms with Crippen molar-refractivity contribution in [3.63, 3.8) is 0 Å². The molecule has 1 saturated carbocycles. The van der Waals surface area contributed by atoms with E-state index < -0.39 is 0 Å². The van der Waals surface area contributed by atoms with Gasteiger partial charge in [0, 0.05) is 19.6 Å². The molecule has 0 spiro atoms. The predicted octanol–water partition coefficient (Wildman–Crippen LogP) is 1.10. The molecule has 0 aromatic heterocycles. The summed E-state index contributed by atoms with van der Waals surface area (Å²) in [4.78, 5) is 2.36. The zero-order valence-corrected chi connectivity index (χ0v) is 8.08. The zero-order valence-electron chi connectivity index (χ0n) is 8.08. The molecular weight excluding hydrogens is 150 g/mol. The second kappa shape index (κ2) is 2.71. The van der Waals surface area contributed by atoms with E-state index in [0.717, 1.165) is 19.6 Å². The maximum atomic E-state index is 9.65. The van der Waals surface area contributed by atoms with E-state index in [4.69, 9.17) is 0 Å². The average molecular weight is 169 g/mol. The Morgan fingerprint density at radius 3 is 2.42 bits per heavy atom. The van der Waals surface area contributed by atoms with Gasteiger partial charge in [0.05, 0.1) is 6.10 Å². The van der Waals surface area contributed by atoms with Crippen molar-refractivity contribution < 1.29 is 5.11 Å².